The van der Waals surface area contributed by atoms with Gasteiger partial charge in [-0.2, -0.15) is 0 Å². The number of hydrogen-bond acceptors (Lipinski definition) is 3. The third-order valence-electron chi connectivity index (χ3n) is 4.79. The Balaban J connectivity index is 1.68. The fourth-order valence-electron chi connectivity index (χ4n) is 3.50. The number of carbonyl (C=O) groups excluding carboxylic acids is 1. The quantitative estimate of drug-likeness (QED) is 0.897. The van der Waals surface area contributed by atoms with Crippen LogP contribution in [-0.4, -0.2) is 38.6 Å². The van der Waals surface area contributed by atoms with E-state index in [1.807, 2.05) is 6.07 Å². The Bertz CT molecular complexity index is 517. The minimum absolute atomic E-state index is 0.0798. The first-order valence-corrected chi connectivity index (χ1v) is 8.58. The van der Waals surface area contributed by atoms with Crippen LogP contribution >= 0.6 is 0 Å². The Kier molecular flexibility index (Phi) is 4.98. The molecule has 4 nitrogen and oxygen atoms in total. The molecule has 1 amide bonds. The van der Waals surface area contributed by atoms with Crippen LogP contribution in [0, 0.1) is 12.8 Å². The van der Waals surface area contributed by atoms with E-state index >= 15 is 0 Å². The van der Waals surface area contributed by atoms with Crippen LogP contribution in [-0.2, 0) is 0 Å². The van der Waals surface area contributed by atoms with E-state index in [1.165, 1.54) is 25.7 Å². The van der Waals surface area contributed by atoms with Gasteiger partial charge >= 0.3 is 0 Å². The van der Waals surface area contributed by atoms with Crippen molar-refractivity contribution in [3.8, 4) is 0 Å². The van der Waals surface area contributed by atoms with Crippen molar-refractivity contribution in [3.63, 3.8) is 0 Å². The summed E-state index contributed by atoms with van der Waals surface area (Å²) >= 11 is 0. The van der Waals surface area contributed by atoms with Gasteiger partial charge in [-0.25, -0.2) is 0 Å². The van der Waals surface area contributed by atoms with Crippen LogP contribution in [0.5, 0.6) is 0 Å². The normalized spacial score (nSPS) is 21.9. The topological polar surface area (TPSA) is 44.4 Å². The second-order valence-corrected chi connectivity index (χ2v) is 6.64. The molecule has 22 heavy (non-hydrogen) atoms. The SMILES string of the molecule is Cc1ccc(N2CCCC2)c(C(=O)NCC2CCCNC2)c1. The number of amides is 1. The van der Waals surface area contributed by atoms with E-state index in [0.29, 0.717) is 5.92 Å². The van der Waals surface area contributed by atoms with Crippen LogP contribution in [0.4, 0.5) is 5.69 Å². The molecule has 2 aliphatic rings. The minimum Gasteiger partial charge on any atom is -0.371 e. The molecular weight excluding hydrogens is 274 g/mol. The Hall–Kier alpha value is -1.55. The number of aryl methyl sites for hydroxylation is 1. The van der Waals surface area contributed by atoms with Crippen LogP contribution in [0.2, 0.25) is 0 Å². The smallest absolute Gasteiger partial charge is 0.253 e. The van der Waals surface area contributed by atoms with E-state index < -0.39 is 0 Å². The molecule has 2 aliphatic heterocycles. The van der Waals surface area contributed by atoms with Gasteiger partial charge in [0.15, 0.2) is 0 Å². The largest absolute Gasteiger partial charge is 0.371 e. The first-order chi connectivity index (χ1) is 10.7. The summed E-state index contributed by atoms with van der Waals surface area (Å²) in [4.78, 5) is 15.0. The highest BCUT2D eigenvalue weighted by atomic mass is 16.1. The summed E-state index contributed by atoms with van der Waals surface area (Å²) in [6.07, 6.45) is 4.87. The van der Waals surface area contributed by atoms with Gasteiger partial charge in [0.2, 0.25) is 0 Å². The molecule has 2 N–H and O–H groups in total. The molecule has 0 aliphatic carbocycles. The third kappa shape index (κ3) is 3.61. The maximum absolute atomic E-state index is 12.7. The molecule has 2 saturated heterocycles. The predicted molar refractivity (Wildman–Crippen MR) is 90.6 cm³/mol. The van der Waals surface area contributed by atoms with Crippen molar-refractivity contribution in [2.75, 3.05) is 37.6 Å². The molecule has 0 radical (unpaired) electrons. The van der Waals surface area contributed by atoms with E-state index in [4.69, 9.17) is 0 Å². The zero-order valence-corrected chi connectivity index (χ0v) is 13.5. The lowest BCUT2D eigenvalue weighted by molar-refractivity contribution is 0.0945. The second kappa shape index (κ2) is 7.14. The van der Waals surface area contributed by atoms with Crippen LogP contribution in [0.25, 0.3) is 0 Å². The average Bonchev–Trinajstić information content (AvgIpc) is 3.08. The molecule has 0 spiro atoms. The van der Waals surface area contributed by atoms with Gasteiger partial charge in [-0.3, -0.25) is 4.79 Å². The average molecular weight is 301 g/mol. The zero-order chi connectivity index (χ0) is 15.4. The number of nitrogens with one attached hydrogen (secondary N) is 2. The van der Waals surface area contributed by atoms with E-state index in [2.05, 4.69) is 34.6 Å². The Morgan fingerprint density at radius 1 is 1.32 bits per heavy atom. The van der Waals surface area contributed by atoms with Crippen LogP contribution < -0.4 is 15.5 Å². The van der Waals surface area contributed by atoms with Gasteiger partial charge in [0.1, 0.15) is 0 Å². The van der Waals surface area contributed by atoms with Gasteiger partial charge in [-0.15, -0.1) is 0 Å². The van der Waals surface area contributed by atoms with Crippen molar-refractivity contribution in [3.05, 3.63) is 29.3 Å². The predicted octanol–water partition coefficient (Wildman–Crippen LogP) is 2.32. The number of carbonyl (C=O) groups is 1. The van der Waals surface area contributed by atoms with Gasteiger partial charge in [-0.1, -0.05) is 11.6 Å². The van der Waals surface area contributed by atoms with E-state index in [-0.39, 0.29) is 5.91 Å². The highest BCUT2D eigenvalue weighted by molar-refractivity contribution is 6.00. The van der Waals surface area contributed by atoms with E-state index in [1.54, 1.807) is 0 Å². The van der Waals surface area contributed by atoms with Crippen molar-refractivity contribution >= 4 is 11.6 Å². The number of anilines is 1. The molecule has 1 unspecified atom stereocenters. The molecule has 0 bridgehead atoms. The zero-order valence-electron chi connectivity index (χ0n) is 13.5. The lowest BCUT2D eigenvalue weighted by atomic mass is 9.99. The first-order valence-electron chi connectivity index (χ1n) is 8.58. The lowest BCUT2D eigenvalue weighted by Crippen LogP contribution is -2.38. The summed E-state index contributed by atoms with van der Waals surface area (Å²) in [5.74, 6) is 0.647. The van der Waals surface area contributed by atoms with Crippen molar-refractivity contribution in [2.45, 2.75) is 32.6 Å². The fourth-order valence-corrected chi connectivity index (χ4v) is 3.50. The van der Waals surface area contributed by atoms with Crippen molar-refractivity contribution in [2.24, 2.45) is 5.92 Å². The number of hydrogen-bond donors (Lipinski definition) is 2. The molecule has 1 atom stereocenters. The van der Waals surface area contributed by atoms with Crippen LogP contribution in [0.15, 0.2) is 18.2 Å². The number of piperidine rings is 1. The minimum atomic E-state index is 0.0798. The monoisotopic (exact) mass is 301 g/mol. The Labute approximate surface area is 133 Å². The fraction of sp³-hybridized carbons (Fsp3) is 0.611. The molecule has 0 saturated carbocycles. The highest BCUT2D eigenvalue weighted by Crippen LogP contribution is 2.25. The first kappa shape index (κ1) is 15.3. The summed E-state index contributed by atoms with van der Waals surface area (Å²) in [5, 5.41) is 6.56. The summed E-state index contributed by atoms with van der Waals surface area (Å²) in [5.41, 5.74) is 3.08. The number of benzene rings is 1. The molecular formula is C18H27N3O. The van der Waals surface area contributed by atoms with Crippen LogP contribution in [0.1, 0.15) is 41.6 Å². The Morgan fingerprint density at radius 3 is 2.86 bits per heavy atom. The van der Waals surface area contributed by atoms with Gasteiger partial charge in [0.25, 0.3) is 5.91 Å². The van der Waals surface area contributed by atoms with Gasteiger partial charge < -0.3 is 15.5 Å². The molecule has 2 fully saturated rings. The van der Waals surface area contributed by atoms with Crippen molar-refractivity contribution in [1.29, 1.82) is 0 Å². The molecule has 0 aromatic heterocycles. The molecule has 3 rings (SSSR count). The maximum atomic E-state index is 12.7. The van der Waals surface area contributed by atoms with Crippen molar-refractivity contribution < 1.29 is 4.79 Å². The second-order valence-electron chi connectivity index (χ2n) is 6.64. The van der Waals surface area contributed by atoms with E-state index in [0.717, 1.165) is 49.5 Å². The molecule has 120 valence electrons. The van der Waals surface area contributed by atoms with Gasteiger partial charge in [0, 0.05) is 25.3 Å². The number of nitrogens with zero attached hydrogens (tertiary/aromatic N) is 1. The van der Waals surface area contributed by atoms with Gasteiger partial charge in [-0.05, 0) is 63.7 Å². The van der Waals surface area contributed by atoms with Gasteiger partial charge in [0.05, 0.1) is 5.56 Å². The standard InChI is InChI=1S/C18H27N3O/c1-14-6-7-17(21-9-2-3-10-21)16(11-14)18(22)20-13-15-5-4-8-19-12-15/h6-7,11,15,19H,2-5,8-10,12-13H2,1H3,(H,20,22). The summed E-state index contributed by atoms with van der Waals surface area (Å²) < 4.78 is 0. The number of rotatable bonds is 4. The molecule has 4 heteroatoms. The van der Waals surface area contributed by atoms with Crippen molar-refractivity contribution in [1.82, 2.24) is 10.6 Å². The maximum Gasteiger partial charge on any atom is 0.253 e. The molecule has 2 heterocycles. The molecule has 1 aromatic carbocycles. The van der Waals surface area contributed by atoms with E-state index in [9.17, 15) is 4.79 Å². The lowest BCUT2D eigenvalue weighted by Gasteiger charge is -2.24. The third-order valence-corrected chi connectivity index (χ3v) is 4.79. The summed E-state index contributed by atoms with van der Waals surface area (Å²) in [7, 11) is 0. The highest BCUT2D eigenvalue weighted by Gasteiger charge is 2.20. The van der Waals surface area contributed by atoms with Crippen LogP contribution in [0.3, 0.4) is 0 Å². The molecule has 1 aromatic rings. The summed E-state index contributed by atoms with van der Waals surface area (Å²) in [6, 6.07) is 6.25. The Morgan fingerprint density at radius 2 is 2.14 bits per heavy atom. The summed E-state index contributed by atoms with van der Waals surface area (Å²) in [6.45, 7) is 7.09.